The number of thiophene rings is 1. The summed E-state index contributed by atoms with van der Waals surface area (Å²) < 4.78 is 5.87. The van der Waals surface area contributed by atoms with Crippen LogP contribution in [0.15, 0.2) is 63.7 Å². The van der Waals surface area contributed by atoms with Crippen molar-refractivity contribution in [2.75, 3.05) is 13.1 Å². The Labute approximate surface area is 178 Å². The van der Waals surface area contributed by atoms with E-state index in [-0.39, 0.29) is 11.9 Å². The number of amides is 2. The Morgan fingerprint density at radius 2 is 1.93 bits per heavy atom. The van der Waals surface area contributed by atoms with Crippen LogP contribution < -0.4 is 5.32 Å². The Balaban J connectivity index is 1.17. The van der Waals surface area contributed by atoms with Gasteiger partial charge in [0.1, 0.15) is 0 Å². The van der Waals surface area contributed by atoms with Crippen LogP contribution in [0.1, 0.15) is 30.2 Å². The van der Waals surface area contributed by atoms with E-state index in [1.165, 1.54) is 10.8 Å². The van der Waals surface area contributed by atoms with Crippen LogP contribution in [0.4, 0.5) is 4.79 Å². The Bertz CT molecular complexity index is 1140. The monoisotopic (exact) mass is 418 g/mol. The van der Waals surface area contributed by atoms with Gasteiger partial charge in [0, 0.05) is 36.5 Å². The molecular weight excluding hydrogens is 396 g/mol. The number of urea groups is 1. The standard InChI is InChI=1S/C23H22N4O2S/c28-23(24-14-18-6-3-5-16-4-1-2-7-20(16)18)27-11-8-17(9-12-27)21-25-26-22(29-21)19-10-13-30-15-19/h1-7,10,13,15,17H,8-9,11-12,14H2,(H,24,28). The number of fused-ring (bicyclic) bond motifs is 1. The summed E-state index contributed by atoms with van der Waals surface area (Å²) in [5.41, 5.74) is 2.09. The van der Waals surface area contributed by atoms with Gasteiger partial charge in [-0.1, -0.05) is 42.5 Å². The van der Waals surface area contributed by atoms with E-state index in [0.29, 0.717) is 31.4 Å². The molecule has 1 fully saturated rings. The Morgan fingerprint density at radius 1 is 1.10 bits per heavy atom. The van der Waals surface area contributed by atoms with Crippen LogP contribution in [0.2, 0.25) is 0 Å². The predicted molar refractivity (Wildman–Crippen MR) is 117 cm³/mol. The second-order valence-corrected chi connectivity index (χ2v) is 8.30. The maximum absolute atomic E-state index is 12.7. The van der Waals surface area contributed by atoms with E-state index in [4.69, 9.17) is 4.42 Å². The number of hydrogen-bond acceptors (Lipinski definition) is 5. The summed E-state index contributed by atoms with van der Waals surface area (Å²) in [4.78, 5) is 14.5. The average molecular weight is 419 g/mol. The smallest absolute Gasteiger partial charge is 0.317 e. The first kappa shape index (κ1) is 18.8. The van der Waals surface area contributed by atoms with Gasteiger partial charge in [0.2, 0.25) is 11.8 Å². The van der Waals surface area contributed by atoms with Crippen molar-refractivity contribution in [2.24, 2.45) is 0 Å². The van der Waals surface area contributed by atoms with Crippen molar-refractivity contribution in [1.82, 2.24) is 20.4 Å². The van der Waals surface area contributed by atoms with Gasteiger partial charge in [0.15, 0.2) is 0 Å². The van der Waals surface area contributed by atoms with E-state index in [9.17, 15) is 4.79 Å². The number of hydrogen-bond donors (Lipinski definition) is 1. The number of rotatable bonds is 4. The molecule has 6 nitrogen and oxygen atoms in total. The van der Waals surface area contributed by atoms with E-state index >= 15 is 0 Å². The molecule has 0 aliphatic carbocycles. The fraction of sp³-hybridized carbons (Fsp3) is 0.261. The predicted octanol–water partition coefficient (Wildman–Crippen LogP) is 5.04. The molecule has 0 spiro atoms. The zero-order valence-corrected chi connectivity index (χ0v) is 17.3. The lowest BCUT2D eigenvalue weighted by molar-refractivity contribution is 0.177. The fourth-order valence-electron chi connectivity index (χ4n) is 3.96. The topological polar surface area (TPSA) is 71.3 Å². The zero-order chi connectivity index (χ0) is 20.3. The largest absolute Gasteiger partial charge is 0.420 e. The second-order valence-electron chi connectivity index (χ2n) is 7.52. The van der Waals surface area contributed by atoms with E-state index < -0.39 is 0 Å². The first-order valence-corrected chi connectivity index (χ1v) is 11.1. The SMILES string of the molecule is O=C(NCc1cccc2ccccc12)N1CCC(c2nnc(-c3ccsc3)o2)CC1. The molecule has 0 unspecified atom stereocenters. The maximum Gasteiger partial charge on any atom is 0.317 e. The van der Waals surface area contributed by atoms with Crippen LogP contribution in [0.25, 0.3) is 22.2 Å². The highest BCUT2D eigenvalue weighted by Crippen LogP contribution is 2.30. The molecule has 2 aromatic carbocycles. The van der Waals surface area contributed by atoms with Crippen LogP contribution in [0, 0.1) is 0 Å². The minimum absolute atomic E-state index is 0.0223. The van der Waals surface area contributed by atoms with Crippen molar-refractivity contribution in [3.05, 3.63) is 70.7 Å². The molecule has 3 heterocycles. The van der Waals surface area contributed by atoms with Crippen molar-refractivity contribution < 1.29 is 9.21 Å². The number of aromatic nitrogens is 2. The lowest BCUT2D eigenvalue weighted by Gasteiger charge is -2.30. The molecule has 30 heavy (non-hydrogen) atoms. The van der Waals surface area contributed by atoms with Gasteiger partial charge in [-0.3, -0.25) is 0 Å². The van der Waals surface area contributed by atoms with Crippen LogP contribution in [-0.2, 0) is 6.54 Å². The summed E-state index contributed by atoms with van der Waals surface area (Å²) in [5.74, 6) is 1.44. The van der Waals surface area contributed by atoms with Crippen molar-refractivity contribution in [2.45, 2.75) is 25.3 Å². The first-order chi connectivity index (χ1) is 14.8. The quantitative estimate of drug-likeness (QED) is 0.504. The third-order valence-electron chi connectivity index (χ3n) is 5.65. The molecule has 0 atom stereocenters. The van der Waals surface area contributed by atoms with E-state index in [2.05, 4.69) is 39.8 Å². The third kappa shape index (κ3) is 3.80. The number of nitrogens with zero attached hydrogens (tertiary/aromatic N) is 3. The minimum Gasteiger partial charge on any atom is -0.420 e. The maximum atomic E-state index is 12.7. The Hall–Kier alpha value is -3.19. The van der Waals surface area contributed by atoms with Crippen LogP contribution >= 0.6 is 11.3 Å². The van der Waals surface area contributed by atoms with Crippen molar-refractivity contribution in [1.29, 1.82) is 0 Å². The molecule has 152 valence electrons. The molecule has 2 aromatic heterocycles. The van der Waals surface area contributed by atoms with Gasteiger partial charge >= 0.3 is 6.03 Å². The summed E-state index contributed by atoms with van der Waals surface area (Å²) in [6, 6.07) is 16.4. The number of likely N-dealkylation sites (tertiary alicyclic amines) is 1. The number of benzene rings is 2. The molecule has 0 bridgehead atoms. The summed E-state index contributed by atoms with van der Waals surface area (Å²) in [6.07, 6.45) is 1.65. The molecule has 1 aliphatic rings. The Kier molecular flexibility index (Phi) is 5.19. The molecule has 2 amide bonds. The molecule has 1 aliphatic heterocycles. The van der Waals surface area contributed by atoms with Crippen LogP contribution in [0.3, 0.4) is 0 Å². The third-order valence-corrected chi connectivity index (χ3v) is 6.33. The molecule has 7 heteroatoms. The highest BCUT2D eigenvalue weighted by atomic mass is 32.1. The fourth-order valence-corrected chi connectivity index (χ4v) is 4.59. The van der Waals surface area contributed by atoms with Crippen molar-refractivity contribution in [3.63, 3.8) is 0 Å². The van der Waals surface area contributed by atoms with Crippen LogP contribution in [0.5, 0.6) is 0 Å². The highest BCUT2D eigenvalue weighted by molar-refractivity contribution is 7.08. The summed E-state index contributed by atoms with van der Waals surface area (Å²) in [7, 11) is 0. The van der Waals surface area contributed by atoms with Crippen LogP contribution in [-0.4, -0.2) is 34.2 Å². The normalized spacial score (nSPS) is 14.9. The van der Waals surface area contributed by atoms with Gasteiger partial charge in [-0.2, -0.15) is 11.3 Å². The van der Waals surface area contributed by atoms with E-state index in [0.717, 1.165) is 24.0 Å². The molecule has 5 rings (SSSR count). The summed E-state index contributed by atoms with van der Waals surface area (Å²) >= 11 is 1.61. The number of carbonyl (C=O) groups excluding carboxylic acids is 1. The molecule has 1 N–H and O–H groups in total. The van der Waals surface area contributed by atoms with Gasteiger partial charge < -0.3 is 14.6 Å². The molecule has 0 saturated carbocycles. The number of carbonyl (C=O) groups is 1. The van der Waals surface area contributed by atoms with Crippen molar-refractivity contribution in [3.8, 4) is 11.5 Å². The Morgan fingerprint density at radius 3 is 2.77 bits per heavy atom. The van der Waals surface area contributed by atoms with Gasteiger partial charge in [-0.25, -0.2) is 4.79 Å². The average Bonchev–Trinajstić information content (AvgIpc) is 3.49. The number of piperidine rings is 1. The number of nitrogens with one attached hydrogen (secondary N) is 1. The lowest BCUT2D eigenvalue weighted by Crippen LogP contribution is -2.43. The summed E-state index contributed by atoms with van der Waals surface area (Å²) in [5, 5.41) is 17.8. The van der Waals surface area contributed by atoms with Gasteiger partial charge in [0.25, 0.3) is 0 Å². The first-order valence-electron chi connectivity index (χ1n) is 10.1. The lowest BCUT2D eigenvalue weighted by atomic mass is 9.97. The van der Waals surface area contributed by atoms with E-state index in [1.807, 2.05) is 39.9 Å². The van der Waals surface area contributed by atoms with Crippen molar-refractivity contribution >= 4 is 28.1 Å². The molecule has 4 aromatic rings. The minimum atomic E-state index is -0.0223. The van der Waals surface area contributed by atoms with Gasteiger partial charge in [-0.15, -0.1) is 10.2 Å². The zero-order valence-electron chi connectivity index (χ0n) is 16.5. The molecule has 1 saturated heterocycles. The van der Waals surface area contributed by atoms with E-state index in [1.54, 1.807) is 11.3 Å². The molecule has 0 radical (unpaired) electrons. The molecular formula is C23H22N4O2S. The highest BCUT2D eigenvalue weighted by Gasteiger charge is 2.27. The van der Waals surface area contributed by atoms with Gasteiger partial charge in [0.05, 0.1) is 0 Å². The summed E-state index contributed by atoms with van der Waals surface area (Å²) in [6.45, 7) is 1.89. The second kappa shape index (κ2) is 8.28. The van der Waals surface area contributed by atoms with Gasteiger partial charge in [-0.05, 0) is 40.6 Å².